The van der Waals surface area contributed by atoms with Gasteiger partial charge in [0.2, 0.25) is 20.0 Å². The van der Waals surface area contributed by atoms with Gasteiger partial charge in [0.05, 0.1) is 94.0 Å². The first-order valence-corrected chi connectivity index (χ1v) is 21.2. The molecule has 4 N–H and O–H groups in total. The maximum Gasteiger partial charge on any atom is 0.269 e. The molecule has 0 radical (unpaired) electrons. The zero-order chi connectivity index (χ0) is 40.5. The number of hydrogen-bond acceptors (Lipinski definition) is 15. The van der Waals surface area contributed by atoms with Crippen LogP contribution in [0.5, 0.6) is 0 Å². The van der Waals surface area contributed by atoms with Crippen LogP contribution in [0.25, 0.3) is 0 Å². The number of nitrogens with one attached hydrogen (secondary N) is 2. The van der Waals surface area contributed by atoms with Gasteiger partial charge in [0, 0.05) is 57.3 Å². The Morgan fingerprint density at radius 3 is 1.18 bits per heavy atom. The van der Waals surface area contributed by atoms with Gasteiger partial charge in [-0.15, -0.1) is 0 Å². The number of rotatable bonds is 34. The van der Waals surface area contributed by atoms with Gasteiger partial charge in [-0.25, -0.2) is 26.3 Å². The van der Waals surface area contributed by atoms with Crippen molar-refractivity contribution in [2.45, 2.75) is 42.9 Å². The maximum absolute atomic E-state index is 12.1. The third kappa shape index (κ3) is 26.6. The number of anilines is 1. The molecule has 0 aliphatic rings. The third-order valence-corrected chi connectivity index (χ3v) is 9.71. The van der Waals surface area contributed by atoms with Crippen LogP contribution in [0.15, 0.2) is 58.3 Å². The Morgan fingerprint density at radius 1 is 0.509 bits per heavy atom. The van der Waals surface area contributed by atoms with E-state index in [2.05, 4.69) is 23.3 Å². The van der Waals surface area contributed by atoms with E-state index in [1.165, 1.54) is 24.3 Å². The predicted octanol–water partition coefficient (Wildman–Crippen LogP) is 2.76. The maximum atomic E-state index is 12.1. The molecular formula is C35H60N4O14S2. The normalized spacial score (nSPS) is 11.7. The van der Waals surface area contributed by atoms with E-state index >= 15 is 0 Å². The second-order valence-corrected chi connectivity index (χ2v) is 14.9. The van der Waals surface area contributed by atoms with Gasteiger partial charge in [0.15, 0.2) is 0 Å². The fourth-order valence-electron chi connectivity index (χ4n) is 4.01. The number of sulfonamides is 2. The summed E-state index contributed by atoms with van der Waals surface area (Å²) in [5.74, 6) is 0. The largest absolute Gasteiger partial charge is 0.399 e. The molecule has 2 aromatic rings. The van der Waals surface area contributed by atoms with Crippen LogP contribution in [0.1, 0.15) is 33.1 Å². The highest BCUT2D eigenvalue weighted by atomic mass is 32.2. The van der Waals surface area contributed by atoms with Crippen LogP contribution in [0.2, 0.25) is 0 Å². The minimum absolute atomic E-state index is 0.0386. The van der Waals surface area contributed by atoms with Gasteiger partial charge in [-0.1, -0.05) is 13.8 Å². The van der Waals surface area contributed by atoms with Gasteiger partial charge in [0.25, 0.3) is 5.69 Å². The summed E-state index contributed by atoms with van der Waals surface area (Å²) in [4.78, 5) is 10.1. The standard InChI is InChI=1S/C18H30N2O8S.C17H30N2O6S/c1-2-9-25-10-3-11-26-13-15-28-16-14-27-12-8-19-29(23,24)18-6-4-17(5-7-18)20(21)22;1-2-8-22-10-12-24-14-15-25-13-11-23-9-7-19-26(20,21)17-5-3-16(18)4-6-17/h4-7,19H,2-3,8-16H2,1H3;3-6,19H,2,7-15,18H2,1H3. The molecule has 2 rings (SSSR count). The molecule has 0 saturated carbocycles. The Balaban J connectivity index is 0.000000553. The number of nitro groups is 1. The average Bonchev–Trinajstić information content (AvgIpc) is 3.17. The Bertz CT molecular complexity index is 1450. The second kappa shape index (κ2) is 32.2. The third-order valence-electron chi connectivity index (χ3n) is 6.76. The lowest BCUT2D eigenvalue weighted by molar-refractivity contribution is -0.384. The monoisotopic (exact) mass is 824 g/mol. The van der Waals surface area contributed by atoms with Gasteiger partial charge < -0.3 is 43.6 Å². The number of nitrogens with two attached hydrogens (primary N) is 1. The first-order chi connectivity index (χ1) is 26.5. The topological polar surface area (TPSA) is 235 Å². The van der Waals surface area contributed by atoms with Gasteiger partial charge in [-0.2, -0.15) is 0 Å². The second-order valence-electron chi connectivity index (χ2n) is 11.4. The quantitative estimate of drug-likeness (QED) is 0.0398. The van der Waals surface area contributed by atoms with E-state index < -0.39 is 25.0 Å². The lowest BCUT2D eigenvalue weighted by Gasteiger charge is -2.09. The summed E-state index contributed by atoms with van der Waals surface area (Å²) in [5, 5.41) is 10.6. The van der Waals surface area contributed by atoms with Crippen LogP contribution in [0.3, 0.4) is 0 Å². The van der Waals surface area contributed by atoms with Crippen molar-refractivity contribution in [1.82, 2.24) is 9.44 Å². The highest BCUT2D eigenvalue weighted by Crippen LogP contribution is 2.15. The SMILES string of the molecule is CCCOCCCOCCOCCOCCNS(=O)(=O)c1ccc([N+](=O)[O-])cc1.CCCOCCOCCOCCOCCNS(=O)(=O)c1ccc(N)cc1. The summed E-state index contributed by atoms with van der Waals surface area (Å²) >= 11 is 0. The summed E-state index contributed by atoms with van der Waals surface area (Å²) in [5.41, 5.74) is 5.89. The van der Waals surface area contributed by atoms with E-state index in [4.69, 9.17) is 43.6 Å². The molecule has 18 nitrogen and oxygen atoms in total. The highest BCUT2D eigenvalue weighted by molar-refractivity contribution is 7.89. The molecule has 55 heavy (non-hydrogen) atoms. The fraction of sp³-hybridized carbons (Fsp3) is 0.657. The number of nitrogen functional groups attached to an aromatic ring is 1. The summed E-state index contributed by atoms with van der Waals surface area (Å²) < 4.78 is 95.7. The van der Waals surface area contributed by atoms with E-state index in [0.29, 0.717) is 85.0 Å². The number of benzene rings is 2. The molecule has 0 bridgehead atoms. The zero-order valence-corrected chi connectivity index (χ0v) is 33.7. The van der Waals surface area contributed by atoms with Crippen LogP contribution >= 0.6 is 0 Å². The molecule has 0 atom stereocenters. The summed E-state index contributed by atoms with van der Waals surface area (Å²) in [7, 11) is -7.27. The number of nitro benzene ring substituents is 1. The van der Waals surface area contributed by atoms with E-state index in [1.807, 2.05) is 0 Å². The molecule has 0 aromatic heterocycles. The van der Waals surface area contributed by atoms with Gasteiger partial charge in [0.1, 0.15) is 0 Å². The first-order valence-electron chi connectivity index (χ1n) is 18.2. The molecule has 316 valence electrons. The summed E-state index contributed by atoms with van der Waals surface area (Å²) in [6.07, 6.45) is 2.88. The van der Waals surface area contributed by atoms with E-state index in [0.717, 1.165) is 44.6 Å². The molecule has 2 aromatic carbocycles. The van der Waals surface area contributed by atoms with Crippen LogP contribution in [0.4, 0.5) is 11.4 Å². The van der Waals surface area contributed by atoms with Crippen molar-refractivity contribution >= 4 is 31.4 Å². The average molecular weight is 825 g/mol. The van der Waals surface area contributed by atoms with E-state index in [1.54, 1.807) is 12.1 Å². The van der Waals surface area contributed by atoms with Crippen molar-refractivity contribution in [2.75, 3.05) is 125 Å². The molecule has 0 saturated heterocycles. The molecule has 0 spiro atoms. The van der Waals surface area contributed by atoms with Crippen LogP contribution in [-0.4, -0.2) is 141 Å². The van der Waals surface area contributed by atoms with Crippen molar-refractivity contribution in [3.05, 3.63) is 58.6 Å². The number of hydrogen-bond donors (Lipinski definition) is 3. The Kier molecular flexibility index (Phi) is 29.4. The van der Waals surface area contributed by atoms with Crippen LogP contribution in [0, 0.1) is 10.1 Å². The highest BCUT2D eigenvalue weighted by Gasteiger charge is 2.15. The zero-order valence-electron chi connectivity index (χ0n) is 32.0. The minimum atomic E-state index is -3.73. The summed E-state index contributed by atoms with van der Waals surface area (Å²) in [6, 6.07) is 10.7. The van der Waals surface area contributed by atoms with Crippen molar-refractivity contribution in [1.29, 1.82) is 0 Å². The lowest BCUT2D eigenvalue weighted by Crippen LogP contribution is -2.27. The Hall–Kier alpha value is -2.86. The van der Waals surface area contributed by atoms with E-state index in [9.17, 15) is 26.9 Å². The molecule has 0 heterocycles. The molecule has 0 unspecified atom stereocenters. The lowest BCUT2D eigenvalue weighted by atomic mass is 10.3. The Morgan fingerprint density at radius 2 is 0.818 bits per heavy atom. The van der Waals surface area contributed by atoms with Gasteiger partial charge in [-0.3, -0.25) is 10.1 Å². The Labute approximate surface area is 325 Å². The number of nitrogens with zero attached hydrogens (tertiary/aromatic N) is 1. The molecule has 0 aliphatic carbocycles. The van der Waals surface area contributed by atoms with Crippen molar-refractivity contribution in [3.63, 3.8) is 0 Å². The minimum Gasteiger partial charge on any atom is -0.399 e. The molecule has 0 amide bonds. The first kappa shape index (κ1) is 50.2. The molecular weight excluding hydrogens is 765 g/mol. The van der Waals surface area contributed by atoms with Crippen LogP contribution in [-0.2, 0) is 57.9 Å². The van der Waals surface area contributed by atoms with E-state index in [-0.39, 0.29) is 41.8 Å². The molecule has 0 fully saturated rings. The van der Waals surface area contributed by atoms with Gasteiger partial charge >= 0.3 is 0 Å². The molecule has 0 aliphatic heterocycles. The van der Waals surface area contributed by atoms with Crippen molar-refractivity contribution < 1.29 is 59.7 Å². The summed E-state index contributed by atoms with van der Waals surface area (Å²) in [6.45, 7) is 12.4. The van der Waals surface area contributed by atoms with Crippen molar-refractivity contribution in [3.8, 4) is 0 Å². The van der Waals surface area contributed by atoms with Gasteiger partial charge in [-0.05, 0) is 55.7 Å². The van der Waals surface area contributed by atoms with Crippen LogP contribution < -0.4 is 15.2 Å². The number of ether oxygens (including phenoxy) is 8. The predicted molar refractivity (Wildman–Crippen MR) is 206 cm³/mol. The fourth-order valence-corrected chi connectivity index (χ4v) is 6.04. The number of non-ortho nitro benzene ring substituents is 1. The molecule has 20 heteroatoms. The smallest absolute Gasteiger partial charge is 0.269 e. The van der Waals surface area contributed by atoms with Crippen molar-refractivity contribution in [2.24, 2.45) is 0 Å².